The van der Waals surface area contributed by atoms with Gasteiger partial charge in [-0.2, -0.15) is 0 Å². The molecule has 2 aromatic rings. The summed E-state index contributed by atoms with van der Waals surface area (Å²) in [5.41, 5.74) is 0. The Bertz CT molecular complexity index is 386. The first-order chi connectivity index (χ1) is 5.36. The fourth-order valence-corrected chi connectivity index (χ4v) is 0.935. The molecule has 0 radical (unpaired) electrons. The molecule has 0 saturated carbocycles. The van der Waals surface area contributed by atoms with Crippen LogP contribution in [0.4, 0.5) is 0 Å². The zero-order chi connectivity index (χ0) is 7.68. The Kier molecular flexibility index (Phi) is 1.36. The summed E-state index contributed by atoms with van der Waals surface area (Å²) in [6, 6.07) is 3.61. The van der Waals surface area contributed by atoms with Gasteiger partial charge >= 0.3 is 0 Å². The van der Waals surface area contributed by atoms with E-state index in [0.717, 1.165) is 0 Å². The van der Waals surface area contributed by atoms with Crippen molar-refractivity contribution in [1.82, 2.24) is 14.8 Å². The number of furan rings is 1. The van der Waals surface area contributed by atoms with Gasteiger partial charge in [0.2, 0.25) is 10.7 Å². The monoisotopic (exact) mass is 167 g/mol. The number of aromatic nitrogens is 3. The van der Waals surface area contributed by atoms with Crippen molar-refractivity contribution < 1.29 is 4.42 Å². The van der Waals surface area contributed by atoms with Crippen molar-refractivity contribution in [1.29, 1.82) is 0 Å². The van der Waals surface area contributed by atoms with Crippen LogP contribution in [0.25, 0.3) is 5.88 Å². The largest absolute Gasteiger partial charge is 0.447 e. The quantitative estimate of drug-likeness (QED) is 0.655. The molecule has 0 aliphatic carbocycles. The van der Waals surface area contributed by atoms with Crippen molar-refractivity contribution >= 4 is 12.2 Å². The first kappa shape index (κ1) is 6.36. The average molecular weight is 167 g/mol. The molecule has 0 fully saturated rings. The Morgan fingerprint density at radius 3 is 3.09 bits per heavy atom. The van der Waals surface area contributed by atoms with Gasteiger partial charge in [0, 0.05) is 6.07 Å². The molecular formula is C6H5N3OS. The SMILES string of the molecule is S=c1ncn(-c2ccco2)[nH]1. The Labute approximate surface area is 67.5 Å². The van der Waals surface area contributed by atoms with Crippen LogP contribution in [0.3, 0.4) is 0 Å². The van der Waals surface area contributed by atoms with Crippen LogP contribution in [0, 0.1) is 4.77 Å². The summed E-state index contributed by atoms with van der Waals surface area (Å²) < 4.78 is 7.14. The van der Waals surface area contributed by atoms with E-state index in [-0.39, 0.29) is 0 Å². The molecule has 0 aromatic carbocycles. The number of aromatic amines is 1. The molecular weight excluding hydrogens is 162 g/mol. The van der Waals surface area contributed by atoms with E-state index in [1.54, 1.807) is 23.3 Å². The topological polar surface area (TPSA) is 46.8 Å². The molecule has 0 aliphatic rings. The minimum atomic E-state index is 0.446. The lowest BCUT2D eigenvalue weighted by Crippen LogP contribution is -1.90. The second kappa shape index (κ2) is 2.35. The van der Waals surface area contributed by atoms with E-state index in [9.17, 15) is 0 Å². The smallest absolute Gasteiger partial charge is 0.219 e. The van der Waals surface area contributed by atoms with Crippen molar-refractivity contribution in [3.05, 3.63) is 29.5 Å². The second-order valence-electron chi connectivity index (χ2n) is 1.98. The summed E-state index contributed by atoms with van der Waals surface area (Å²) in [5.74, 6) is 0.675. The van der Waals surface area contributed by atoms with E-state index in [4.69, 9.17) is 16.6 Å². The lowest BCUT2D eigenvalue weighted by atomic mass is 10.6. The molecule has 4 nitrogen and oxygen atoms in total. The maximum atomic E-state index is 5.08. The number of hydrogen-bond donors (Lipinski definition) is 1. The first-order valence-corrected chi connectivity index (χ1v) is 3.44. The van der Waals surface area contributed by atoms with Gasteiger partial charge in [-0.1, -0.05) is 0 Å². The molecule has 0 amide bonds. The number of nitrogens with one attached hydrogen (secondary N) is 1. The average Bonchev–Trinajstić information content (AvgIpc) is 2.55. The molecule has 0 unspecified atom stereocenters. The van der Waals surface area contributed by atoms with E-state index in [1.807, 2.05) is 6.07 Å². The normalized spacial score (nSPS) is 10.2. The summed E-state index contributed by atoms with van der Waals surface area (Å²) in [4.78, 5) is 3.83. The Balaban J connectivity index is 2.53. The number of nitrogens with zero attached hydrogens (tertiary/aromatic N) is 2. The maximum Gasteiger partial charge on any atom is 0.219 e. The summed E-state index contributed by atoms with van der Waals surface area (Å²) in [6.07, 6.45) is 3.16. The van der Waals surface area contributed by atoms with Crippen molar-refractivity contribution in [2.75, 3.05) is 0 Å². The van der Waals surface area contributed by atoms with Crippen LogP contribution in [0.15, 0.2) is 29.1 Å². The van der Waals surface area contributed by atoms with Crippen molar-refractivity contribution in [3.63, 3.8) is 0 Å². The third-order valence-electron chi connectivity index (χ3n) is 1.25. The molecule has 0 spiro atoms. The highest BCUT2D eigenvalue weighted by molar-refractivity contribution is 7.71. The Morgan fingerprint density at radius 1 is 1.64 bits per heavy atom. The molecule has 0 bridgehead atoms. The van der Waals surface area contributed by atoms with E-state index in [2.05, 4.69) is 10.1 Å². The van der Waals surface area contributed by atoms with E-state index in [0.29, 0.717) is 10.7 Å². The summed E-state index contributed by atoms with van der Waals surface area (Å²) in [6.45, 7) is 0. The Hall–Kier alpha value is -1.36. The van der Waals surface area contributed by atoms with E-state index < -0.39 is 0 Å². The lowest BCUT2D eigenvalue weighted by Gasteiger charge is -1.91. The van der Waals surface area contributed by atoms with Gasteiger partial charge in [-0.05, 0) is 18.3 Å². The zero-order valence-electron chi connectivity index (χ0n) is 5.52. The molecule has 0 atom stereocenters. The van der Waals surface area contributed by atoms with Gasteiger partial charge in [0.25, 0.3) is 0 Å². The van der Waals surface area contributed by atoms with Gasteiger partial charge in [-0.3, -0.25) is 5.10 Å². The third kappa shape index (κ3) is 1.10. The van der Waals surface area contributed by atoms with Gasteiger partial charge in [-0.25, -0.2) is 9.67 Å². The third-order valence-corrected chi connectivity index (χ3v) is 1.45. The molecule has 1 N–H and O–H groups in total. The highest BCUT2D eigenvalue weighted by atomic mass is 32.1. The zero-order valence-corrected chi connectivity index (χ0v) is 6.34. The van der Waals surface area contributed by atoms with Gasteiger partial charge in [0.1, 0.15) is 6.33 Å². The predicted octanol–water partition coefficient (Wildman–Crippen LogP) is 1.52. The predicted molar refractivity (Wildman–Crippen MR) is 41.0 cm³/mol. The van der Waals surface area contributed by atoms with Crippen LogP contribution in [0.1, 0.15) is 0 Å². The molecule has 0 aliphatic heterocycles. The Morgan fingerprint density at radius 2 is 2.55 bits per heavy atom. The summed E-state index contributed by atoms with van der Waals surface area (Å²) in [5, 5.41) is 2.81. The molecule has 11 heavy (non-hydrogen) atoms. The highest BCUT2D eigenvalue weighted by Crippen LogP contribution is 2.04. The molecule has 2 rings (SSSR count). The highest BCUT2D eigenvalue weighted by Gasteiger charge is 1.96. The minimum Gasteiger partial charge on any atom is -0.447 e. The molecule has 2 heterocycles. The van der Waals surface area contributed by atoms with Crippen LogP contribution < -0.4 is 0 Å². The van der Waals surface area contributed by atoms with E-state index >= 15 is 0 Å². The fraction of sp³-hybridized carbons (Fsp3) is 0. The number of hydrogen-bond acceptors (Lipinski definition) is 3. The number of H-pyrrole nitrogens is 1. The van der Waals surface area contributed by atoms with Crippen LogP contribution >= 0.6 is 12.2 Å². The van der Waals surface area contributed by atoms with Crippen LogP contribution in [0.2, 0.25) is 0 Å². The molecule has 2 aromatic heterocycles. The lowest BCUT2D eigenvalue weighted by molar-refractivity contribution is 0.521. The molecule has 0 saturated heterocycles. The summed E-state index contributed by atoms with van der Waals surface area (Å²) >= 11 is 4.78. The van der Waals surface area contributed by atoms with Crippen LogP contribution in [0.5, 0.6) is 0 Å². The first-order valence-electron chi connectivity index (χ1n) is 3.04. The minimum absolute atomic E-state index is 0.446. The molecule has 5 heteroatoms. The fourth-order valence-electron chi connectivity index (χ4n) is 0.790. The van der Waals surface area contributed by atoms with Crippen molar-refractivity contribution in [3.8, 4) is 5.88 Å². The maximum absolute atomic E-state index is 5.08. The van der Waals surface area contributed by atoms with Crippen LogP contribution in [-0.4, -0.2) is 14.8 Å². The standard InChI is InChI=1S/C6H5N3OS/c11-6-7-4-9(8-6)5-2-1-3-10-5/h1-4H,(H,8,11). The van der Waals surface area contributed by atoms with Crippen LogP contribution in [-0.2, 0) is 0 Å². The van der Waals surface area contributed by atoms with Gasteiger partial charge in [0.15, 0.2) is 0 Å². The molecule has 56 valence electrons. The van der Waals surface area contributed by atoms with Gasteiger partial charge in [-0.15, -0.1) is 0 Å². The second-order valence-corrected chi connectivity index (χ2v) is 2.37. The van der Waals surface area contributed by atoms with Gasteiger partial charge < -0.3 is 4.42 Å². The van der Waals surface area contributed by atoms with E-state index in [1.165, 1.54) is 0 Å². The van der Waals surface area contributed by atoms with Crippen molar-refractivity contribution in [2.45, 2.75) is 0 Å². The van der Waals surface area contributed by atoms with Crippen molar-refractivity contribution in [2.24, 2.45) is 0 Å². The number of rotatable bonds is 1. The summed E-state index contributed by atoms with van der Waals surface area (Å²) in [7, 11) is 0. The van der Waals surface area contributed by atoms with Gasteiger partial charge in [0.05, 0.1) is 6.26 Å².